The van der Waals surface area contributed by atoms with Crippen molar-refractivity contribution in [2.24, 2.45) is 17.6 Å². The zero-order valence-corrected chi connectivity index (χ0v) is 20.4. The Morgan fingerprint density at radius 1 is 1.17 bits per heavy atom. The summed E-state index contributed by atoms with van der Waals surface area (Å²) in [5.41, 5.74) is 2.18. The van der Waals surface area contributed by atoms with E-state index in [4.69, 9.17) is 5.73 Å². The summed E-state index contributed by atoms with van der Waals surface area (Å²) in [6.45, 7) is 1.95. The number of ketones is 3. The van der Waals surface area contributed by atoms with Gasteiger partial charge in [0.1, 0.15) is 22.8 Å². The zero-order valence-electron chi connectivity index (χ0n) is 20.4. The van der Waals surface area contributed by atoms with Gasteiger partial charge in [0.2, 0.25) is 5.78 Å². The SMILES string of the molecule is CCCCC(=O)c1ccc(O)c2c1C[C@H]1C[C@H]3[C@H](N(C)C)C(=O)C(C(N)=O)=C(O)[C@@]3(O)C(=O)C1=C2O. The molecule has 1 saturated carbocycles. The second-order valence-corrected chi connectivity index (χ2v) is 9.97. The number of aliphatic hydroxyl groups is 3. The van der Waals surface area contributed by atoms with Crippen molar-refractivity contribution in [1.82, 2.24) is 4.90 Å². The van der Waals surface area contributed by atoms with Crippen LogP contribution in [-0.4, -0.2) is 74.3 Å². The van der Waals surface area contributed by atoms with Crippen LogP contribution in [-0.2, 0) is 20.8 Å². The van der Waals surface area contributed by atoms with E-state index >= 15 is 0 Å². The lowest BCUT2D eigenvalue weighted by atomic mass is 9.57. The van der Waals surface area contributed by atoms with E-state index in [1.807, 2.05) is 6.92 Å². The quantitative estimate of drug-likeness (QED) is 0.286. The molecule has 0 saturated heterocycles. The maximum Gasteiger partial charge on any atom is 0.255 e. The summed E-state index contributed by atoms with van der Waals surface area (Å²) >= 11 is 0. The number of aliphatic hydroxyl groups excluding tert-OH is 2. The molecule has 1 aromatic carbocycles. The zero-order chi connectivity index (χ0) is 26.7. The molecule has 0 unspecified atom stereocenters. The van der Waals surface area contributed by atoms with Crippen LogP contribution in [0.15, 0.2) is 29.0 Å². The summed E-state index contributed by atoms with van der Waals surface area (Å²) in [5, 5.41) is 44.2. The molecule has 0 aromatic heterocycles. The smallest absolute Gasteiger partial charge is 0.255 e. The number of unbranched alkanes of at least 4 members (excludes halogenated alkanes) is 1. The molecule has 3 aliphatic rings. The van der Waals surface area contributed by atoms with Crippen molar-refractivity contribution in [2.75, 3.05) is 14.1 Å². The Bertz CT molecular complexity index is 1260. The Morgan fingerprint density at radius 3 is 2.42 bits per heavy atom. The number of rotatable bonds is 6. The lowest BCUT2D eigenvalue weighted by Gasteiger charge is -2.50. The number of phenols is 1. The Hall–Kier alpha value is -3.50. The first kappa shape index (κ1) is 25.6. The van der Waals surface area contributed by atoms with Crippen LogP contribution in [0.25, 0.3) is 5.76 Å². The van der Waals surface area contributed by atoms with E-state index in [9.17, 15) is 39.6 Å². The predicted molar refractivity (Wildman–Crippen MR) is 128 cm³/mol. The van der Waals surface area contributed by atoms with E-state index in [1.165, 1.54) is 31.1 Å². The standard InChI is InChI=1S/C26H30N2O8/c1-4-5-6-15(29)12-7-8-16(30)18-13(12)9-11-10-14-20(28(2)3)22(32)19(25(27)35)24(34)26(14,36)23(33)17(11)21(18)31/h7-8,11,14,20,30-31,34,36H,4-6,9-10H2,1-3H3,(H2,27,35)/t11-,14-,20-,26-/m0/s1. The van der Waals surface area contributed by atoms with Gasteiger partial charge in [-0.2, -0.15) is 0 Å². The third-order valence-electron chi connectivity index (χ3n) is 7.66. The third kappa shape index (κ3) is 3.47. The number of hydrogen-bond acceptors (Lipinski definition) is 9. The van der Waals surface area contributed by atoms with Crippen molar-refractivity contribution < 1.29 is 39.6 Å². The minimum atomic E-state index is -2.69. The van der Waals surface area contributed by atoms with Crippen molar-refractivity contribution in [2.45, 2.75) is 50.7 Å². The van der Waals surface area contributed by atoms with Gasteiger partial charge in [-0.25, -0.2) is 0 Å². The monoisotopic (exact) mass is 498 g/mol. The summed E-state index contributed by atoms with van der Waals surface area (Å²) < 4.78 is 0. The number of nitrogens with zero attached hydrogens (tertiary/aromatic N) is 1. The van der Waals surface area contributed by atoms with Crippen LogP contribution < -0.4 is 5.73 Å². The molecule has 0 spiro atoms. The number of primary amides is 1. The number of carbonyl (C=O) groups excluding carboxylic acids is 4. The summed E-state index contributed by atoms with van der Waals surface area (Å²) in [6, 6.07) is 1.60. The van der Waals surface area contributed by atoms with Crippen molar-refractivity contribution in [1.29, 1.82) is 0 Å². The third-order valence-corrected chi connectivity index (χ3v) is 7.66. The molecule has 1 aromatic rings. The Labute approximate surface area is 207 Å². The molecule has 6 N–H and O–H groups in total. The van der Waals surface area contributed by atoms with E-state index in [0.29, 0.717) is 17.5 Å². The fraction of sp³-hybridized carbons (Fsp3) is 0.462. The average molecular weight is 499 g/mol. The highest BCUT2D eigenvalue weighted by atomic mass is 16.3. The molecule has 4 atom stereocenters. The highest BCUT2D eigenvalue weighted by Gasteiger charge is 2.64. The number of likely N-dealkylation sites (N-methyl/N-ethyl adjacent to an activating group) is 1. The van der Waals surface area contributed by atoms with Gasteiger partial charge < -0.3 is 26.2 Å². The van der Waals surface area contributed by atoms with Crippen LogP contribution in [0.3, 0.4) is 0 Å². The molecule has 192 valence electrons. The molecule has 10 heteroatoms. The Balaban J connectivity index is 1.93. The van der Waals surface area contributed by atoms with E-state index < -0.39 is 58.0 Å². The van der Waals surface area contributed by atoms with Gasteiger partial charge in [0.05, 0.1) is 11.6 Å². The van der Waals surface area contributed by atoms with Gasteiger partial charge in [0, 0.05) is 23.5 Å². The first-order chi connectivity index (χ1) is 16.9. The highest BCUT2D eigenvalue weighted by Crippen LogP contribution is 2.53. The minimum Gasteiger partial charge on any atom is -0.508 e. The largest absolute Gasteiger partial charge is 0.508 e. The molecule has 36 heavy (non-hydrogen) atoms. The van der Waals surface area contributed by atoms with E-state index in [0.717, 1.165) is 6.42 Å². The van der Waals surface area contributed by atoms with E-state index in [1.54, 1.807) is 0 Å². The number of carbonyl (C=O) groups is 4. The summed E-state index contributed by atoms with van der Waals surface area (Å²) in [5.74, 6) is -7.29. The highest BCUT2D eigenvalue weighted by molar-refractivity contribution is 6.24. The topological polar surface area (TPSA) is 178 Å². The number of hydrogen-bond donors (Lipinski definition) is 5. The maximum atomic E-state index is 13.8. The summed E-state index contributed by atoms with van der Waals surface area (Å²) in [4.78, 5) is 53.2. The van der Waals surface area contributed by atoms with Gasteiger partial charge in [-0.15, -0.1) is 0 Å². The normalized spacial score (nSPS) is 27.6. The number of benzene rings is 1. The van der Waals surface area contributed by atoms with Crippen LogP contribution in [0.5, 0.6) is 5.75 Å². The molecule has 3 aliphatic carbocycles. The fourth-order valence-electron chi connectivity index (χ4n) is 5.98. The lowest BCUT2D eigenvalue weighted by Crippen LogP contribution is -2.65. The average Bonchev–Trinajstić information content (AvgIpc) is 2.79. The molecule has 1 fully saturated rings. The molecule has 0 bridgehead atoms. The van der Waals surface area contributed by atoms with Crippen molar-refractivity contribution in [3.63, 3.8) is 0 Å². The second-order valence-electron chi connectivity index (χ2n) is 9.97. The van der Waals surface area contributed by atoms with Crippen LogP contribution >= 0.6 is 0 Å². The number of nitrogens with two attached hydrogens (primary N) is 1. The molecule has 0 heterocycles. The van der Waals surface area contributed by atoms with Crippen LogP contribution in [0.2, 0.25) is 0 Å². The molecular weight excluding hydrogens is 468 g/mol. The van der Waals surface area contributed by atoms with Gasteiger partial charge in [-0.3, -0.25) is 24.1 Å². The van der Waals surface area contributed by atoms with Crippen molar-refractivity contribution in [3.05, 3.63) is 45.7 Å². The number of phenolic OH excluding ortho intramolecular Hbond substituents is 1. The predicted octanol–water partition coefficient (Wildman–Crippen LogP) is 1.34. The Morgan fingerprint density at radius 2 is 1.83 bits per heavy atom. The minimum absolute atomic E-state index is 0.0238. The fourth-order valence-corrected chi connectivity index (χ4v) is 5.98. The molecule has 0 aliphatic heterocycles. The van der Waals surface area contributed by atoms with Gasteiger partial charge >= 0.3 is 0 Å². The number of amides is 1. The number of fused-ring (bicyclic) bond motifs is 3. The Kier molecular flexibility index (Phi) is 6.30. The van der Waals surface area contributed by atoms with Crippen LogP contribution in [0.1, 0.15) is 54.1 Å². The van der Waals surface area contributed by atoms with Gasteiger partial charge in [0.25, 0.3) is 5.91 Å². The van der Waals surface area contributed by atoms with E-state index in [-0.39, 0.29) is 41.9 Å². The van der Waals surface area contributed by atoms with Crippen molar-refractivity contribution >= 4 is 29.0 Å². The molecule has 10 nitrogen and oxygen atoms in total. The van der Waals surface area contributed by atoms with Crippen LogP contribution in [0, 0.1) is 11.8 Å². The summed E-state index contributed by atoms with van der Waals surface area (Å²) in [6.07, 6.45) is 1.82. The first-order valence-corrected chi connectivity index (χ1v) is 11.9. The van der Waals surface area contributed by atoms with Gasteiger partial charge in [-0.1, -0.05) is 13.3 Å². The summed E-state index contributed by atoms with van der Waals surface area (Å²) in [7, 11) is 3.08. The second kappa shape index (κ2) is 8.86. The molecule has 4 rings (SSSR count). The molecular formula is C26H30N2O8. The van der Waals surface area contributed by atoms with Gasteiger partial charge in [0.15, 0.2) is 17.2 Å². The first-order valence-electron chi connectivity index (χ1n) is 11.9. The van der Waals surface area contributed by atoms with Gasteiger partial charge in [-0.05, 0) is 57.0 Å². The van der Waals surface area contributed by atoms with Crippen LogP contribution in [0.4, 0.5) is 0 Å². The molecule has 0 radical (unpaired) electrons. The number of aromatic hydroxyl groups is 1. The van der Waals surface area contributed by atoms with E-state index in [2.05, 4.69) is 0 Å². The van der Waals surface area contributed by atoms with Crippen molar-refractivity contribution in [3.8, 4) is 5.75 Å². The lowest BCUT2D eigenvalue weighted by molar-refractivity contribution is -0.153. The molecule has 1 amide bonds. The number of Topliss-reactive ketones (excluding diaryl/α,β-unsaturated/α-hetero) is 3. The maximum absolute atomic E-state index is 13.8.